The Morgan fingerprint density at radius 3 is 2.39 bits per heavy atom. The van der Waals surface area contributed by atoms with Crippen molar-refractivity contribution in [3.8, 4) is 16.9 Å². The molecule has 3 aliphatic carbocycles. The molecule has 9 heteroatoms. The molecule has 2 aromatic rings. The summed E-state index contributed by atoms with van der Waals surface area (Å²) in [4.78, 5) is 67.3. The average Bonchev–Trinajstić information content (AvgIpc) is 3.45. The monoisotopic (exact) mass is 563 g/mol. The van der Waals surface area contributed by atoms with Crippen LogP contribution < -0.4 is 5.73 Å². The Hall–Kier alpha value is -3.59. The number of rotatable bonds is 7. The van der Waals surface area contributed by atoms with Crippen LogP contribution in [0.25, 0.3) is 11.1 Å². The number of hydrogen-bond acceptors (Lipinski definition) is 8. The SMILES string of the molecule is CCC(CC)Cc1cc(-c2ccoc2)c2c(c1O)C(=O)C1C(=O)[C@]3(O)C(=O)C(C(N)=O)C(=O)[C@@H](C(C)C)[C@@H]3C[C@@H]1C2. The third kappa shape index (κ3) is 4.19. The van der Waals surface area contributed by atoms with Crippen LogP contribution in [-0.2, 0) is 32.0 Å². The van der Waals surface area contributed by atoms with E-state index in [1.807, 2.05) is 6.07 Å². The number of phenols is 1. The highest BCUT2D eigenvalue weighted by Crippen LogP contribution is 2.54. The number of fused-ring (bicyclic) bond motifs is 3. The molecule has 0 saturated heterocycles. The summed E-state index contributed by atoms with van der Waals surface area (Å²) in [5, 5.41) is 23.3. The largest absolute Gasteiger partial charge is 0.507 e. The lowest BCUT2D eigenvalue weighted by Crippen LogP contribution is -2.71. The quantitative estimate of drug-likeness (QED) is 0.431. The molecule has 41 heavy (non-hydrogen) atoms. The van der Waals surface area contributed by atoms with Crippen LogP contribution in [0.4, 0.5) is 0 Å². The molecule has 1 aromatic heterocycles. The lowest BCUT2D eigenvalue weighted by Gasteiger charge is -2.52. The van der Waals surface area contributed by atoms with Crippen LogP contribution in [-0.4, -0.2) is 44.9 Å². The summed E-state index contributed by atoms with van der Waals surface area (Å²) in [6.07, 6.45) is 5.62. The zero-order valence-electron chi connectivity index (χ0n) is 23.8. The first-order valence-corrected chi connectivity index (χ1v) is 14.5. The molecule has 5 rings (SSSR count). The molecule has 0 aliphatic heterocycles. The number of benzene rings is 1. The second kappa shape index (κ2) is 10.4. The smallest absolute Gasteiger partial charge is 0.235 e. The maximum atomic E-state index is 14.2. The number of carbonyl (C=O) groups is 5. The van der Waals surface area contributed by atoms with Crippen molar-refractivity contribution in [2.24, 2.45) is 47.2 Å². The fraction of sp³-hybridized carbons (Fsp3) is 0.531. The van der Waals surface area contributed by atoms with Gasteiger partial charge in [0, 0.05) is 17.4 Å². The standard InChI is InChI=1S/C32H37NO8/c1-5-15(6-2)9-18-11-19(16-7-8-41-13-16)20-10-17-12-21-22(14(3)4)27(35)25(31(33)39)30(38)32(21,40)29(37)23(17)28(36)24(20)26(18)34/h7-8,11,13-15,17,21-23,25,34,40H,5-6,9-10,12H2,1-4H3,(H2,33,39)/t17-,21-,22-,23?,25?,32-/m0/s1. The van der Waals surface area contributed by atoms with Crippen molar-refractivity contribution in [3.05, 3.63) is 41.3 Å². The summed E-state index contributed by atoms with van der Waals surface area (Å²) < 4.78 is 5.33. The summed E-state index contributed by atoms with van der Waals surface area (Å²) in [7, 11) is 0. The summed E-state index contributed by atoms with van der Waals surface area (Å²) >= 11 is 0. The van der Waals surface area contributed by atoms with Crippen molar-refractivity contribution >= 4 is 29.0 Å². The molecule has 4 N–H and O–H groups in total. The molecule has 1 aromatic carbocycles. The van der Waals surface area contributed by atoms with Crippen LogP contribution in [0.2, 0.25) is 0 Å². The van der Waals surface area contributed by atoms with Crippen LogP contribution in [0.15, 0.2) is 29.1 Å². The number of carbonyl (C=O) groups excluding carboxylic acids is 5. The van der Waals surface area contributed by atoms with E-state index in [1.165, 1.54) is 6.26 Å². The summed E-state index contributed by atoms with van der Waals surface area (Å²) in [5.41, 5.74) is 5.33. The highest BCUT2D eigenvalue weighted by molar-refractivity contribution is 6.32. The Kier molecular flexibility index (Phi) is 7.30. The van der Waals surface area contributed by atoms with Gasteiger partial charge in [0.15, 0.2) is 34.7 Å². The second-order valence-electron chi connectivity index (χ2n) is 12.3. The average molecular weight is 564 g/mol. The van der Waals surface area contributed by atoms with Gasteiger partial charge in [-0.1, -0.05) is 40.5 Å². The van der Waals surface area contributed by atoms with Crippen molar-refractivity contribution in [1.82, 2.24) is 0 Å². The number of Topliss-reactive ketones (excluding diaryl/α,β-unsaturated/α-hetero) is 4. The fourth-order valence-corrected chi connectivity index (χ4v) is 7.70. The zero-order valence-corrected chi connectivity index (χ0v) is 23.8. The van der Waals surface area contributed by atoms with Crippen LogP contribution in [0, 0.1) is 41.4 Å². The Labute approximate surface area is 238 Å². The number of ketones is 4. The lowest BCUT2D eigenvalue weighted by molar-refractivity contribution is -0.182. The summed E-state index contributed by atoms with van der Waals surface area (Å²) in [6, 6.07) is 3.65. The number of phenolic OH excluding ortho intramolecular Hbond substituents is 1. The summed E-state index contributed by atoms with van der Waals surface area (Å²) in [5.74, 6) is -11.2. The number of aromatic hydroxyl groups is 1. The number of furan rings is 1. The van der Waals surface area contributed by atoms with Gasteiger partial charge in [0.1, 0.15) is 5.75 Å². The van der Waals surface area contributed by atoms with E-state index in [0.29, 0.717) is 17.5 Å². The third-order valence-corrected chi connectivity index (χ3v) is 9.89. The van der Waals surface area contributed by atoms with Crippen molar-refractivity contribution in [1.29, 1.82) is 0 Å². The van der Waals surface area contributed by atoms with Gasteiger partial charge in [-0.15, -0.1) is 0 Å². The first-order chi connectivity index (χ1) is 19.4. The molecular formula is C32H37NO8. The maximum absolute atomic E-state index is 14.2. The minimum atomic E-state index is -2.70. The number of amides is 1. The zero-order chi connectivity index (χ0) is 30.0. The molecule has 0 radical (unpaired) electrons. The Morgan fingerprint density at radius 2 is 1.83 bits per heavy atom. The van der Waals surface area contributed by atoms with Crippen LogP contribution in [0.5, 0.6) is 5.75 Å². The lowest BCUT2D eigenvalue weighted by atomic mass is 9.49. The Morgan fingerprint density at radius 1 is 1.15 bits per heavy atom. The van der Waals surface area contributed by atoms with Gasteiger partial charge in [-0.3, -0.25) is 24.0 Å². The molecule has 2 saturated carbocycles. The van der Waals surface area contributed by atoms with Crippen molar-refractivity contribution in [3.63, 3.8) is 0 Å². The van der Waals surface area contributed by atoms with E-state index in [9.17, 15) is 34.2 Å². The van der Waals surface area contributed by atoms with Gasteiger partial charge in [-0.05, 0) is 65.8 Å². The van der Waals surface area contributed by atoms with E-state index in [0.717, 1.165) is 24.0 Å². The molecule has 3 aliphatic rings. The van der Waals surface area contributed by atoms with Crippen molar-refractivity contribution in [2.45, 2.75) is 65.4 Å². The minimum Gasteiger partial charge on any atom is -0.507 e. The van der Waals surface area contributed by atoms with Gasteiger partial charge in [0.05, 0.1) is 24.0 Å². The number of nitrogens with two attached hydrogens (primary N) is 1. The number of primary amides is 1. The first-order valence-electron chi connectivity index (χ1n) is 14.5. The predicted octanol–water partition coefficient (Wildman–Crippen LogP) is 3.45. The Bertz CT molecular complexity index is 1440. The van der Waals surface area contributed by atoms with Gasteiger partial charge in [-0.2, -0.15) is 0 Å². The van der Waals surface area contributed by atoms with Crippen LogP contribution in [0.3, 0.4) is 0 Å². The van der Waals surface area contributed by atoms with Gasteiger partial charge < -0.3 is 20.4 Å². The van der Waals surface area contributed by atoms with Crippen molar-refractivity contribution < 1.29 is 38.6 Å². The maximum Gasteiger partial charge on any atom is 0.235 e. The van der Waals surface area contributed by atoms with Gasteiger partial charge in [-0.25, -0.2) is 0 Å². The molecular weight excluding hydrogens is 526 g/mol. The molecule has 2 fully saturated rings. The number of hydrogen-bond donors (Lipinski definition) is 3. The predicted molar refractivity (Wildman–Crippen MR) is 148 cm³/mol. The van der Waals surface area contributed by atoms with Gasteiger partial charge in [0.2, 0.25) is 5.91 Å². The van der Waals surface area contributed by atoms with Crippen molar-refractivity contribution in [2.75, 3.05) is 0 Å². The Balaban J connectivity index is 1.68. The molecule has 6 atom stereocenters. The molecule has 0 bridgehead atoms. The van der Waals surface area contributed by atoms with E-state index in [4.69, 9.17) is 10.2 Å². The molecule has 1 heterocycles. The molecule has 2 unspecified atom stereocenters. The van der Waals surface area contributed by atoms with Crippen LogP contribution in [0.1, 0.15) is 68.4 Å². The van der Waals surface area contributed by atoms with E-state index in [1.54, 1.807) is 26.2 Å². The highest BCUT2D eigenvalue weighted by Gasteiger charge is 2.69. The van der Waals surface area contributed by atoms with E-state index in [2.05, 4.69) is 13.8 Å². The normalized spacial score (nSPS) is 29.5. The van der Waals surface area contributed by atoms with E-state index >= 15 is 0 Å². The number of aliphatic hydroxyl groups is 1. The van der Waals surface area contributed by atoms with Gasteiger partial charge >= 0.3 is 0 Å². The fourth-order valence-electron chi connectivity index (χ4n) is 7.70. The molecule has 218 valence electrons. The second-order valence-corrected chi connectivity index (χ2v) is 12.3. The van der Waals surface area contributed by atoms with E-state index < -0.39 is 70.1 Å². The highest BCUT2D eigenvalue weighted by atomic mass is 16.3. The topological polar surface area (TPSA) is 165 Å². The van der Waals surface area contributed by atoms with E-state index in [-0.39, 0.29) is 30.1 Å². The molecule has 9 nitrogen and oxygen atoms in total. The molecule has 1 amide bonds. The minimum absolute atomic E-state index is 0.0208. The third-order valence-electron chi connectivity index (χ3n) is 9.89. The first kappa shape index (κ1) is 28.9. The summed E-state index contributed by atoms with van der Waals surface area (Å²) in [6.45, 7) is 7.57. The van der Waals surface area contributed by atoms with Crippen LogP contribution >= 0.6 is 0 Å². The van der Waals surface area contributed by atoms with Gasteiger partial charge in [0.25, 0.3) is 0 Å². The molecule has 0 spiro atoms.